The Morgan fingerprint density at radius 2 is 2.11 bits per heavy atom. The number of thiazole rings is 1. The molecule has 8 heteroatoms. The molecular weight excluding hydrogens is 374 g/mol. The van der Waals surface area contributed by atoms with Crippen LogP contribution in [0.3, 0.4) is 0 Å². The molecule has 0 saturated carbocycles. The van der Waals surface area contributed by atoms with Gasteiger partial charge in [0.2, 0.25) is 0 Å². The van der Waals surface area contributed by atoms with Crippen molar-refractivity contribution < 1.29 is 9.53 Å². The summed E-state index contributed by atoms with van der Waals surface area (Å²) in [6.07, 6.45) is 5.16. The quantitative estimate of drug-likeness (QED) is 0.518. The topological polar surface area (TPSA) is 73.1 Å². The van der Waals surface area contributed by atoms with E-state index in [0.29, 0.717) is 23.1 Å². The zero-order valence-electron chi connectivity index (χ0n) is 15.8. The maximum atomic E-state index is 13.5. The second-order valence-electron chi connectivity index (χ2n) is 6.36. The van der Waals surface area contributed by atoms with Gasteiger partial charge in [-0.25, -0.2) is 4.98 Å². The molecule has 1 aromatic carbocycles. The predicted molar refractivity (Wildman–Crippen MR) is 109 cm³/mol. The van der Waals surface area contributed by atoms with Gasteiger partial charge in [0.15, 0.2) is 5.13 Å². The molecule has 0 unspecified atom stereocenters. The molecule has 0 atom stereocenters. The number of carbonyl (C=O) groups is 1. The summed E-state index contributed by atoms with van der Waals surface area (Å²) in [5.41, 5.74) is 3.02. The first-order valence-electron chi connectivity index (χ1n) is 8.71. The number of pyridine rings is 1. The summed E-state index contributed by atoms with van der Waals surface area (Å²) in [5, 5.41) is 4.82. The van der Waals surface area contributed by atoms with Crippen LogP contribution in [-0.2, 0) is 13.6 Å². The lowest BCUT2D eigenvalue weighted by molar-refractivity contribution is 0.0975. The molecule has 0 aliphatic heterocycles. The van der Waals surface area contributed by atoms with Crippen LogP contribution < -0.4 is 9.64 Å². The molecule has 3 aromatic heterocycles. The SMILES string of the molecule is COc1cccc2sc(N(Cc3cccnc3)C(=O)c3c(C)cnn3C)nc12. The van der Waals surface area contributed by atoms with Gasteiger partial charge in [0, 0.05) is 19.4 Å². The minimum atomic E-state index is -0.153. The molecule has 0 N–H and O–H groups in total. The summed E-state index contributed by atoms with van der Waals surface area (Å²) in [6, 6.07) is 9.55. The smallest absolute Gasteiger partial charge is 0.278 e. The van der Waals surface area contributed by atoms with E-state index in [1.807, 2.05) is 37.3 Å². The number of aryl methyl sites for hydroxylation is 2. The first-order valence-corrected chi connectivity index (χ1v) is 9.53. The van der Waals surface area contributed by atoms with Gasteiger partial charge in [0.1, 0.15) is 17.0 Å². The Hall–Kier alpha value is -3.26. The zero-order valence-corrected chi connectivity index (χ0v) is 16.6. The van der Waals surface area contributed by atoms with Gasteiger partial charge in [0.25, 0.3) is 5.91 Å². The van der Waals surface area contributed by atoms with Crippen LogP contribution in [0.15, 0.2) is 48.9 Å². The minimum Gasteiger partial charge on any atom is -0.494 e. The third-order valence-corrected chi connectivity index (χ3v) is 5.50. The number of carbonyl (C=O) groups excluding carboxylic acids is 1. The number of methoxy groups -OCH3 is 1. The second kappa shape index (κ2) is 7.40. The number of hydrogen-bond acceptors (Lipinski definition) is 6. The van der Waals surface area contributed by atoms with Gasteiger partial charge in [-0.1, -0.05) is 23.5 Å². The van der Waals surface area contributed by atoms with Crippen LogP contribution in [0.2, 0.25) is 0 Å². The normalized spacial score (nSPS) is 11.0. The van der Waals surface area contributed by atoms with E-state index in [9.17, 15) is 4.79 Å². The summed E-state index contributed by atoms with van der Waals surface area (Å²) < 4.78 is 7.98. The monoisotopic (exact) mass is 393 g/mol. The molecule has 4 rings (SSSR count). The fourth-order valence-corrected chi connectivity index (χ4v) is 4.06. The first-order chi connectivity index (χ1) is 13.6. The fraction of sp³-hybridized carbons (Fsp3) is 0.200. The lowest BCUT2D eigenvalue weighted by Crippen LogP contribution is -2.32. The molecule has 0 radical (unpaired) electrons. The number of fused-ring (bicyclic) bond motifs is 1. The van der Waals surface area contributed by atoms with Crippen LogP contribution in [0.4, 0.5) is 5.13 Å². The molecule has 28 heavy (non-hydrogen) atoms. The highest BCUT2D eigenvalue weighted by molar-refractivity contribution is 7.22. The van der Waals surface area contributed by atoms with Crippen molar-refractivity contribution in [2.45, 2.75) is 13.5 Å². The first kappa shape index (κ1) is 18.1. The molecule has 0 fully saturated rings. The number of aromatic nitrogens is 4. The Morgan fingerprint density at radius 1 is 1.25 bits per heavy atom. The van der Waals surface area contributed by atoms with Crippen molar-refractivity contribution in [1.29, 1.82) is 0 Å². The third-order valence-electron chi connectivity index (χ3n) is 4.45. The molecule has 1 amide bonds. The van der Waals surface area contributed by atoms with Crippen molar-refractivity contribution in [2.24, 2.45) is 7.05 Å². The Labute approximate surface area is 166 Å². The van der Waals surface area contributed by atoms with Crippen LogP contribution in [0.5, 0.6) is 5.75 Å². The van der Waals surface area contributed by atoms with E-state index in [0.717, 1.165) is 21.3 Å². The van der Waals surface area contributed by atoms with E-state index in [1.165, 1.54) is 11.3 Å². The van der Waals surface area contributed by atoms with Crippen LogP contribution in [0, 0.1) is 6.92 Å². The molecule has 3 heterocycles. The van der Waals surface area contributed by atoms with Gasteiger partial charge in [0.05, 0.1) is 24.6 Å². The van der Waals surface area contributed by atoms with Gasteiger partial charge in [-0.15, -0.1) is 0 Å². The van der Waals surface area contributed by atoms with Crippen LogP contribution in [0.1, 0.15) is 21.6 Å². The molecule has 0 saturated heterocycles. The number of benzene rings is 1. The molecular formula is C20H19N5O2S. The van der Waals surface area contributed by atoms with E-state index in [-0.39, 0.29) is 5.91 Å². The van der Waals surface area contributed by atoms with Crippen LogP contribution >= 0.6 is 11.3 Å². The average Bonchev–Trinajstić information content (AvgIpc) is 3.29. The van der Waals surface area contributed by atoms with Gasteiger partial charge < -0.3 is 4.74 Å². The zero-order chi connectivity index (χ0) is 19.7. The molecule has 7 nitrogen and oxygen atoms in total. The van der Waals surface area contributed by atoms with Crippen molar-refractivity contribution in [1.82, 2.24) is 19.7 Å². The lowest BCUT2D eigenvalue weighted by Gasteiger charge is -2.20. The van der Waals surface area contributed by atoms with E-state index in [2.05, 4.69) is 10.1 Å². The minimum absolute atomic E-state index is 0.153. The highest BCUT2D eigenvalue weighted by atomic mass is 32.1. The van der Waals surface area contributed by atoms with Crippen molar-refractivity contribution in [3.05, 3.63) is 65.7 Å². The highest BCUT2D eigenvalue weighted by Crippen LogP contribution is 2.35. The Morgan fingerprint density at radius 3 is 2.79 bits per heavy atom. The number of ether oxygens (including phenoxy) is 1. The molecule has 142 valence electrons. The molecule has 0 aliphatic carbocycles. The average molecular weight is 393 g/mol. The second-order valence-corrected chi connectivity index (χ2v) is 7.36. The van der Waals surface area contributed by atoms with E-state index in [1.54, 1.807) is 42.3 Å². The highest BCUT2D eigenvalue weighted by Gasteiger charge is 2.26. The fourth-order valence-electron chi connectivity index (χ4n) is 3.07. The maximum Gasteiger partial charge on any atom is 0.278 e. The molecule has 4 aromatic rings. The summed E-state index contributed by atoms with van der Waals surface area (Å²) >= 11 is 1.46. The van der Waals surface area contributed by atoms with Crippen molar-refractivity contribution >= 4 is 32.6 Å². The van der Waals surface area contributed by atoms with E-state index in [4.69, 9.17) is 9.72 Å². The molecule has 0 spiro atoms. The maximum absolute atomic E-state index is 13.5. The van der Waals surface area contributed by atoms with Gasteiger partial charge >= 0.3 is 0 Å². The largest absolute Gasteiger partial charge is 0.494 e. The number of para-hydroxylation sites is 1. The van der Waals surface area contributed by atoms with Gasteiger partial charge in [-0.3, -0.25) is 19.4 Å². The third kappa shape index (κ3) is 3.22. The number of amides is 1. The van der Waals surface area contributed by atoms with E-state index < -0.39 is 0 Å². The number of rotatable bonds is 5. The van der Waals surface area contributed by atoms with E-state index >= 15 is 0 Å². The number of anilines is 1. The summed E-state index contributed by atoms with van der Waals surface area (Å²) in [6.45, 7) is 2.24. The predicted octanol–water partition coefficient (Wildman–Crippen LogP) is 3.59. The Bertz CT molecular complexity index is 1120. The lowest BCUT2D eigenvalue weighted by atomic mass is 10.2. The standard InChI is InChI=1S/C20H19N5O2S/c1-13-10-22-24(2)18(13)19(26)25(12-14-6-5-9-21-11-14)20-23-17-15(27-3)7-4-8-16(17)28-20/h4-11H,12H2,1-3H3. The van der Waals surface area contributed by atoms with Crippen molar-refractivity contribution in [3.63, 3.8) is 0 Å². The molecule has 0 aliphatic rings. The van der Waals surface area contributed by atoms with Gasteiger partial charge in [-0.2, -0.15) is 5.10 Å². The summed E-state index contributed by atoms with van der Waals surface area (Å²) in [5.74, 6) is 0.532. The Kier molecular flexibility index (Phi) is 4.79. The van der Waals surface area contributed by atoms with Crippen LogP contribution in [-0.4, -0.2) is 32.8 Å². The number of hydrogen-bond donors (Lipinski definition) is 0. The van der Waals surface area contributed by atoms with Crippen LogP contribution in [0.25, 0.3) is 10.2 Å². The number of nitrogens with zero attached hydrogens (tertiary/aromatic N) is 5. The van der Waals surface area contributed by atoms with Crippen molar-refractivity contribution in [3.8, 4) is 5.75 Å². The Balaban J connectivity index is 1.82. The summed E-state index contributed by atoms with van der Waals surface area (Å²) in [7, 11) is 3.38. The summed E-state index contributed by atoms with van der Waals surface area (Å²) in [4.78, 5) is 24.0. The molecule has 0 bridgehead atoms. The van der Waals surface area contributed by atoms with Crippen molar-refractivity contribution in [2.75, 3.05) is 12.0 Å². The van der Waals surface area contributed by atoms with Gasteiger partial charge in [-0.05, 0) is 36.2 Å².